The van der Waals surface area contributed by atoms with Crippen molar-refractivity contribution in [3.8, 4) is 5.75 Å². The summed E-state index contributed by atoms with van der Waals surface area (Å²) in [5, 5.41) is 3.63. The van der Waals surface area contributed by atoms with Crippen LogP contribution in [0.1, 0.15) is 34.7 Å². The Kier molecular flexibility index (Phi) is 5.64. The van der Waals surface area contributed by atoms with Crippen molar-refractivity contribution in [2.45, 2.75) is 26.3 Å². The van der Waals surface area contributed by atoms with Gasteiger partial charge >= 0.3 is 0 Å². The first-order chi connectivity index (χ1) is 9.65. The van der Waals surface area contributed by atoms with Gasteiger partial charge in [-0.1, -0.05) is 19.1 Å². The number of nitrogens with one attached hydrogen (secondary N) is 1. The number of halogens is 1. The SMILES string of the molecule is CCCNC(c1cccc(OC)c1)c1sc(C)cc1Br. The van der Waals surface area contributed by atoms with E-state index in [0.717, 1.165) is 18.7 Å². The Hall–Kier alpha value is -0.840. The molecule has 1 unspecified atom stereocenters. The molecule has 20 heavy (non-hydrogen) atoms. The molecule has 1 aromatic heterocycles. The summed E-state index contributed by atoms with van der Waals surface area (Å²) in [5.74, 6) is 0.898. The van der Waals surface area contributed by atoms with E-state index in [0.29, 0.717) is 0 Å². The van der Waals surface area contributed by atoms with Crippen molar-refractivity contribution < 1.29 is 4.74 Å². The standard InChI is InChI=1S/C16H20BrNOS/c1-4-8-18-15(16-14(17)9-11(2)20-16)12-6-5-7-13(10-12)19-3/h5-7,9-10,15,18H,4,8H2,1-3H3. The Bertz CT molecular complexity index is 567. The predicted octanol–water partition coefficient (Wildman–Crippen LogP) is 4.92. The molecule has 1 aromatic carbocycles. The third-order valence-electron chi connectivity index (χ3n) is 3.12. The predicted molar refractivity (Wildman–Crippen MR) is 89.9 cm³/mol. The van der Waals surface area contributed by atoms with E-state index in [1.54, 1.807) is 7.11 Å². The first-order valence-electron chi connectivity index (χ1n) is 6.79. The van der Waals surface area contributed by atoms with Crippen LogP contribution in [0.25, 0.3) is 0 Å². The molecule has 0 saturated heterocycles. The van der Waals surface area contributed by atoms with Crippen LogP contribution in [0.2, 0.25) is 0 Å². The van der Waals surface area contributed by atoms with Crippen molar-refractivity contribution in [2.75, 3.05) is 13.7 Å². The molecule has 0 bridgehead atoms. The Morgan fingerprint density at radius 1 is 1.35 bits per heavy atom. The number of benzene rings is 1. The minimum atomic E-state index is 0.207. The van der Waals surface area contributed by atoms with Gasteiger partial charge in [0.15, 0.2) is 0 Å². The molecule has 1 heterocycles. The summed E-state index contributed by atoms with van der Waals surface area (Å²) in [7, 11) is 1.71. The van der Waals surface area contributed by atoms with Crippen LogP contribution in [0.5, 0.6) is 5.75 Å². The average molecular weight is 354 g/mol. The fourth-order valence-corrected chi connectivity index (χ4v) is 4.15. The van der Waals surface area contributed by atoms with Crippen LogP contribution in [0.3, 0.4) is 0 Å². The molecule has 0 aliphatic heterocycles. The number of methoxy groups -OCH3 is 1. The molecule has 0 amide bonds. The maximum absolute atomic E-state index is 5.34. The quantitative estimate of drug-likeness (QED) is 0.795. The summed E-state index contributed by atoms with van der Waals surface area (Å²) in [6.45, 7) is 5.32. The topological polar surface area (TPSA) is 21.3 Å². The lowest BCUT2D eigenvalue weighted by atomic mass is 10.0. The van der Waals surface area contributed by atoms with Crippen molar-refractivity contribution in [1.29, 1.82) is 0 Å². The summed E-state index contributed by atoms with van der Waals surface area (Å²) in [4.78, 5) is 2.64. The van der Waals surface area contributed by atoms with Crippen molar-refractivity contribution in [3.63, 3.8) is 0 Å². The van der Waals surface area contributed by atoms with Gasteiger partial charge in [0, 0.05) is 14.2 Å². The van der Waals surface area contributed by atoms with E-state index in [4.69, 9.17) is 4.74 Å². The van der Waals surface area contributed by atoms with Gasteiger partial charge in [0.05, 0.1) is 13.2 Å². The summed E-state index contributed by atoms with van der Waals surface area (Å²) in [6, 6.07) is 10.7. The van der Waals surface area contributed by atoms with Crippen LogP contribution in [-0.4, -0.2) is 13.7 Å². The third kappa shape index (κ3) is 3.62. The van der Waals surface area contributed by atoms with Crippen molar-refractivity contribution in [3.05, 3.63) is 50.1 Å². The second kappa shape index (κ2) is 7.25. The molecule has 1 N–H and O–H groups in total. The van der Waals surface area contributed by atoms with E-state index in [1.807, 2.05) is 23.5 Å². The molecule has 2 rings (SSSR count). The second-order valence-electron chi connectivity index (χ2n) is 4.73. The number of rotatable bonds is 6. The van der Waals surface area contributed by atoms with Gasteiger partial charge in [0.1, 0.15) is 5.75 Å². The van der Waals surface area contributed by atoms with Gasteiger partial charge in [0.2, 0.25) is 0 Å². The van der Waals surface area contributed by atoms with E-state index in [2.05, 4.69) is 53.3 Å². The fourth-order valence-electron chi connectivity index (χ4n) is 2.17. The van der Waals surface area contributed by atoms with Gasteiger partial charge in [-0.05, 0) is 59.6 Å². The Labute approximate surface area is 133 Å². The maximum atomic E-state index is 5.34. The van der Waals surface area contributed by atoms with Crippen LogP contribution in [0.15, 0.2) is 34.8 Å². The Balaban J connectivity index is 2.38. The highest BCUT2D eigenvalue weighted by atomic mass is 79.9. The minimum Gasteiger partial charge on any atom is -0.497 e. The van der Waals surface area contributed by atoms with Gasteiger partial charge in [-0.15, -0.1) is 11.3 Å². The molecule has 0 aliphatic rings. The smallest absolute Gasteiger partial charge is 0.119 e. The zero-order chi connectivity index (χ0) is 14.5. The number of hydrogen-bond donors (Lipinski definition) is 1. The molecule has 0 saturated carbocycles. The molecule has 2 aromatic rings. The van der Waals surface area contributed by atoms with Crippen LogP contribution in [-0.2, 0) is 0 Å². The van der Waals surface area contributed by atoms with Gasteiger partial charge in [-0.25, -0.2) is 0 Å². The monoisotopic (exact) mass is 353 g/mol. The average Bonchev–Trinajstić information content (AvgIpc) is 2.78. The van der Waals surface area contributed by atoms with Crippen LogP contribution >= 0.6 is 27.3 Å². The molecule has 0 spiro atoms. The van der Waals surface area contributed by atoms with Crippen molar-refractivity contribution in [2.24, 2.45) is 0 Å². The molecule has 0 fully saturated rings. The zero-order valence-corrected chi connectivity index (χ0v) is 14.5. The molecular weight excluding hydrogens is 334 g/mol. The lowest BCUT2D eigenvalue weighted by Crippen LogP contribution is -2.22. The lowest BCUT2D eigenvalue weighted by Gasteiger charge is -2.19. The highest BCUT2D eigenvalue weighted by molar-refractivity contribution is 9.10. The molecule has 2 nitrogen and oxygen atoms in total. The summed E-state index contributed by atoms with van der Waals surface area (Å²) in [6.07, 6.45) is 1.11. The first-order valence-corrected chi connectivity index (χ1v) is 8.39. The highest BCUT2D eigenvalue weighted by Gasteiger charge is 2.19. The van der Waals surface area contributed by atoms with Crippen molar-refractivity contribution >= 4 is 27.3 Å². The number of ether oxygens (including phenoxy) is 1. The molecular formula is C16H20BrNOS. The maximum Gasteiger partial charge on any atom is 0.119 e. The summed E-state index contributed by atoms with van der Waals surface area (Å²) >= 11 is 5.51. The van der Waals surface area contributed by atoms with Gasteiger partial charge in [-0.2, -0.15) is 0 Å². The number of thiophene rings is 1. The fraction of sp³-hybridized carbons (Fsp3) is 0.375. The van der Waals surface area contributed by atoms with E-state index < -0.39 is 0 Å². The van der Waals surface area contributed by atoms with E-state index >= 15 is 0 Å². The van der Waals surface area contributed by atoms with Crippen LogP contribution in [0, 0.1) is 6.92 Å². The zero-order valence-electron chi connectivity index (χ0n) is 12.1. The highest BCUT2D eigenvalue weighted by Crippen LogP contribution is 2.36. The lowest BCUT2D eigenvalue weighted by molar-refractivity contribution is 0.413. The first kappa shape index (κ1) is 15.5. The van der Waals surface area contributed by atoms with Gasteiger partial charge in [-0.3, -0.25) is 0 Å². The minimum absolute atomic E-state index is 0.207. The number of aryl methyl sites for hydroxylation is 1. The number of hydrogen-bond acceptors (Lipinski definition) is 3. The summed E-state index contributed by atoms with van der Waals surface area (Å²) in [5.41, 5.74) is 1.24. The second-order valence-corrected chi connectivity index (χ2v) is 6.88. The molecule has 0 radical (unpaired) electrons. The largest absolute Gasteiger partial charge is 0.497 e. The van der Waals surface area contributed by atoms with Gasteiger partial charge < -0.3 is 10.1 Å². The molecule has 1 atom stereocenters. The molecule has 108 valence electrons. The molecule has 0 aliphatic carbocycles. The normalized spacial score (nSPS) is 12.4. The third-order valence-corrected chi connectivity index (χ3v) is 5.16. The van der Waals surface area contributed by atoms with Crippen LogP contribution < -0.4 is 10.1 Å². The van der Waals surface area contributed by atoms with Crippen molar-refractivity contribution in [1.82, 2.24) is 5.32 Å². The Morgan fingerprint density at radius 2 is 2.15 bits per heavy atom. The van der Waals surface area contributed by atoms with Gasteiger partial charge in [0.25, 0.3) is 0 Å². The Morgan fingerprint density at radius 3 is 2.75 bits per heavy atom. The van der Waals surface area contributed by atoms with Crippen LogP contribution in [0.4, 0.5) is 0 Å². The summed E-state index contributed by atoms with van der Waals surface area (Å²) < 4.78 is 6.52. The van der Waals surface area contributed by atoms with E-state index in [-0.39, 0.29) is 6.04 Å². The van der Waals surface area contributed by atoms with E-state index in [9.17, 15) is 0 Å². The van der Waals surface area contributed by atoms with E-state index in [1.165, 1.54) is 19.8 Å². The molecule has 4 heteroatoms.